The van der Waals surface area contributed by atoms with E-state index in [2.05, 4.69) is 10.1 Å². The number of anilines is 1. The predicted octanol–water partition coefficient (Wildman–Crippen LogP) is 2.63. The van der Waals surface area contributed by atoms with Crippen LogP contribution in [0.25, 0.3) is 5.69 Å². The van der Waals surface area contributed by atoms with Gasteiger partial charge in [-0.3, -0.25) is 9.78 Å². The highest BCUT2D eigenvalue weighted by Gasteiger charge is 2.31. The van der Waals surface area contributed by atoms with Gasteiger partial charge in [-0.05, 0) is 45.0 Å². The Bertz CT molecular complexity index is 1270. The van der Waals surface area contributed by atoms with Crippen molar-refractivity contribution in [2.75, 3.05) is 31.1 Å². The van der Waals surface area contributed by atoms with Crippen molar-refractivity contribution in [3.63, 3.8) is 0 Å². The van der Waals surface area contributed by atoms with Crippen molar-refractivity contribution in [1.82, 2.24) is 19.1 Å². The van der Waals surface area contributed by atoms with Gasteiger partial charge in [-0.2, -0.15) is 14.1 Å². The molecule has 0 amide bonds. The maximum Gasteiger partial charge on any atom is 0.316 e. The summed E-state index contributed by atoms with van der Waals surface area (Å²) in [5, 5.41) is 3.92. The van der Waals surface area contributed by atoms with Gasteiger partial charge in [-0.25, -0.2) is 8.42 Å². The third-order valence-corrected chi connectivity index (χ3v) is 8.13. The van der Waals surface area contributed by atoms with Gasteiger partial charge in [0, 0.05) is 32.4 Å². The number of pyridine rings is 1. The second-order valence-electron chi connectivity index (χ2n) is 8.41. The van der Waals surface area contributed by atoms with Crippen molar-refractivity contribution in [3.05, 3.63) is 77.0 Å². The number of hydrogen-bond donors (Lipinski definition) is 0. The summed E-state index contributed by atoms with van der Waals surface area (Å²) in [7, 11) is -3.34. The molecule has 3 heterocycles. The molecule has 0 bridgehead atoms. The number of hydrogen-bond acceptors (Lipinski definition) is 7. The SMILES string of the molecule is CC(Oc1c(N2CCN(S(=O)(=O)C(C)C)CC2)cnn(-c2ccccc2)c1=O)c1ccccn1. The van der Waals surface area contributed by atoms with E-state index in [0.29, 0.717) is 43.2 Å². The maximum absolute atomic E-state index is 13.5. The smallest absolute Gasteiger partial charge is 0.316 e. The average Bonchev–Trinajstić information content (AvgIpc) is 2.86. The van der Waals surface area contributed by atoms with E-state index >= 15 is 0 Å². The summed E-state index contributed by atoms with van der Waals surface area (Å²) in [5.41, 5.74) is 1.48. The van der Waals surface area contributed by atoms with E-state index in [0.717, 1.165) is 0 Å². The number of nitrogens with zero attached hydrogens (tertiary/aromatic N) is 5. The van der Waals surface area contributed by atoms with Crippen LogP contribution < -0.4 is 15.2 Å². The Balaban J connectivity index is 1.68. The van der Waals surface area contributed by atoms with E-state index < -0.39 is 21.4 Å². The second-order valence-corrected chi connectivity index (χ2v) is 10.9. The summed E-state index contributed by atoms with van der Waals surface area (Å²) < 4.78 is 34.1. The van der Waals surface area contributed by atoms with E-state index in [1.807, 2.05) is 48.2 Å². The van der Waals surface area contributed by atoms with Gasteiger partial charge in [-0.1, -0.05) is 24.3 Å². The fraction of sp³-hybridized carbons (Fsp3) is 0.375. The predicted molar refractivity (Wildman–Crippen MR) is 131 cm³/mol. The molecule has 9 nitrogen and oxygen atoms in total. The molecule has 0 N–H and O–H groups in total. The first-order valence-electron chi connectivity index (χ1n) is 11.3. The molecule has 0 aliphatic carbocycles. The van der Waals surface area contributed by atoms with Crippen molar-refractivity contribution in [3.8, 4) is 11.4 Å². The van der Waals surface area contributed by atoms with Crippen LogP contribution in [0.15, 0.2) is 65.7 Å². The highest BCUT2D eigenvalue weighted by Crippen LogP contribution is 2.29. The minimum absolute atomic E-state index is 0.164. The summed E-state index contributed by atoms with van der Waals surface area (Å²) in [6, 6.07) is 14.7. The molecule has 1 fully saturated rings. The van der Waals surface area contributed by atoms with Crippen LogP contribution in [0.3, 0.4) is 0 Å². The summed E-state index contributed by atoms with van der Waals surface area (Å²) in [6.07, 6.45) is 2.82. The highest BCUT2D eigenvalue weighted by molar-refractivity contribution is 7.89. The standard InChI is InChI=1S/C24H29N5O4S/c1-18(2)34(31,32)28-15-13-27(14-16-28)22-17-26-29(20-9-5-4-6-10-20)24(30)23(22)33-19(3)21-11-7-8-12-25-21/h4-12,17-19H,13-16H2,1-3H3. The number of sulfonamides is 1. The minimum atomic E-state index is -3.34. The monoisotopic (exact) mass is 483 g/mol. The van der Waals surface area contributed by atoms with E-state index in [1.165, 1.54) is 8.99 Å². The molecule has 1 aromatic carbocycles. The molecular weight excluding hydrogens is 454 g/mol. The zero-order chi connectivity index (χ0) is 24.3. The fourth-order valence-electron chi connectivity index (χ4n) is 3.85. The van der Waals surface area contributed by atoms with Crippen LogP contribution in [-0.2, 0) is 10.0 Å². The van der Waals surface area contributed by atoms with Crippen molar-refractivity contribution in [2.24, 2.45) is 0 Å². The van der Waals surface area contributed by atoms with Crippen LogP contribution in [0.1, 0.15) is 32.6 Å². The average molecular weight is 484 g/mol. The molecule has 0 radical (unpaired) electrons. The molecule has 34 heavy (non-hydrogen) atoms. The van der Waals surface area contributed by atoms with Crippen LogP contribution in [0.2, 0.25) is 0 Å². The largest absolute Gasteiger partial charge is 0.477 e. The van der Waals surface area contributed by atoms with Gasteiger partial charge in [-0.15, -0.1) is 0 Å². The van der Waals surface area contributed by atoms with Crippen molar-refractivity contribution < 1.29 is 13.2 Å². The van der Waals surface area contributed by atoms with Gasteiger partial charge < -0.3 is 9.64 Å². The normalized spacial score (nSPS) is 15.9. The third-order valence-electron chi connectivity index (χ3n) is 5.85. The summed E-state index contributed by atoms with van der Waals surface area (Å²) in [4.78, 5) is 19.8. The summed E-state index contributed by atoms with van der Waals surface area (Å²) in [6.45, 7) is 6.72. The van der Waals surface area contributed by atoms with Gasteiger partial charge >= 0.3 is 5.56 Å². The lowest BCUT2D eigenvalue weighted by Gasteiger charge is -2.36. The molecule has 10 heteroatoms. The Hall–Kier alpha value is -3.24. The molecule has 1 unspecified atom stereocenters. The molecule has 0 saturated carbocycles. The van der Waals surface area contributed by atoms with Gasteiger partial charge in [0.15, 0.2) is 0 Å². The first-order chi connectivity index (χ1) is 16.3. The highest BCUT2D eigenvalue weighted by atomic mass is 32.2. The number of aromatic nitrogens is 3. The number of rotatable bonds is 7. The molecule has 1 aliphatic heterocycles. The molecular formula is C24H29N5O4S. The number of benzene rings is 1. The Labute approximate surface area is 199 Å². The molecule has 1 aliphatic rings. The van der Waals surface area contributed by atoms with Crippen LogP contribution in [-0.4, -0.2) is 58.9 Å². The fourth-order valence-corrected chi connectivity index (χ4v) is 5.12. The van der Waals surface area contributed by atoms with Gasteiger partial charge in [0.05, 0.1) is 22.8 Å². The quantitative estimate of drug-likeness (QED) is 0.510. The molecule has 4 rings (SSSR count). The molecule has 2 aromatic heterocycles. The summed E-state index contributed by atoms with van der Waals surface area (Å²) in [5.74, 6) is 0.164. The van der Waals surface area contributed by atoms with E-state index in [4.69, 9.17) is 4.74 Å². The maximum atomic E-state index is 13.5. The topological polar surface area (TPSA) is 97.6 Å². The van der Waals surface area contributed by atoms with E-state index in [1.54, 1.807) is 38.4 Å². The lowest BCUT2D eigenvalue weighted by molar-refractivity contribution is 0.217. The van der Waals surface area contributed by atoms with Crippen molar-refractivity contribution in [1.29, 1.82) is 0 Å². The molecule has 3 aromatic rings. The Morgan fingerprint density at radius 1 is 0.941 bits per heavy atom. The van der Waals surface area contributed by atoms with Crippen molar-refractivity contribution >= 4 is 15.7 Å². The van der Waals surface area contributed by atoms with Crippen molar-refractivity contribution in [2.45, 2.75) is 32.1 Å². The number of ether oxygens (including phenoxy) is 1. The number of piperazine rings is 1. The zero-order valence-electron chi connectivity index (χ0n) is 19.5. The first kappa shape index (κ1) is 23.9. The number of para-hydroxylation sites is 1. The second kappa shape index (κ2) is 9.94. The van der Waals surface area contributed by atoms with Crippen LogP contribution in [0.4, 0.5) is 5.69 Å². The Morgan fingerprint density at radius 2 is 1.62 bits per heavy atom. The minimum Gasteiger partial charge on any atom is -0.477 e. The van der Waals surface area contributed by atoms with E-state index in [9.17, 15) is 13.2 Å². The van der Waals surface area contributed by atoms with Gasteiger partial charge in [0.25, 0.3) is 0 Å². The Morgan fingerprint density at radius 3 is 2.24 bits per heavy atom. The van der Waals surface area contributed by atoms with Crippen LogP contribution in [0, 0.1) is 0 Å². The molecule has 0 spiro atoms. The van der Waals surface area contributed by atoms with Gasteiger partial charge in [0.1, 0.15) is 11.8 Å². The lowest BCUT2D eigenvalue weighted by Crippen LogP contribution is -2.50. The van der Waals surface area contributed by atoms with E-state index in [-0.39, 0.29) is 11.3 Å². The summed E-state index contributed by atoms with van der Waals surface area (Å²) >= 11 is 0. The van der Waals surface area contributed by atoms with Gasteiger partial charge in [0.2, 0.25) is 15.8 Å². The molecule has 1 atom stereocenters. The zero-order valence-corrected chi connectivity index (χ0v) is 20.4. The molecule has 1 saturated heterocycles. The first-order valence-corrected chi connectivity index (χ1v) is 12.8. The van der Waals surface area contributed by atoms with Crippen LogP contribution >= 0.6 is 0 Å². The Kier molecular flexibility index (Phi) is 6.99. The lowest BCUT2D eigenvalue weighted by atomic mass is 10.2. The van der Waals surface area contributed by atoms with Crippen LogP contribution in [0.5, 0.6) is 5.75 Å². The third kappa shape index (κ3) is 4.83. The molecule has 180 valence electrons.